The van der Waals surface area contributed by atoms with Crippen LogP contribution in [0.25, 0.3) is 99.4 Å². The van der Waals surface area contributed by atoms with Gasteiger partial charge in [-0.25, -0.2) is 0 Å². The standard InChI is InChI=1S/C57H34/c1-3-16-35(17-4-1)38-24-14-25-39(36-18-5-2-6-19-36)54(38)42-26-13-20-37-32-47-48(33-46(37)42)43-27-15-28-45-55(43)49(47)34-53-56(45)44-23-9-12-31-52(44)57(53)50-29-10-7-21-40(50)41-22-8-11-30-51(41)57/h1-34H. The van der Waals surface area contributed by atoms with Gasteiger partial charge >= 0.3 is 0 Å². The number of fused-ring (bicyclic) bond motifs is 15. The summed E-state index contributed by atoms with van der Waals surface area (Å²) >= 11 is 0. The lowest BCUT2D eigenvalue weighted by atomic mass is 9.70. The monoisotopic (exact) mass is 718 g/mol. The molecule has 0 N–H and O–H groups in total. The zero-order chi connectivity index (χ0) is 37.2. The molecule has 10 aromatic rings. The summed E-state index contributed by atoms with van der Waals surface area (Å²) in [5.41, 5.74) is 23.3. The Morgan fingerprint density at radius 2 is 0.737 bits per heavy atom. The van der Waals surface area contributed by atoms with E-state index in [1.807, 2.05) is 0 Å². The summed E-state index contributed by atoms with van der Waals surface area (Å²) in [4.78, 5) is 0. The fourth-order valence-electron chi connectivity index (χ4n) is 11.0. The molecular formula is C57H34. The van der Waals surface area contributed by atoms with Gasteiger partial charge < -0.3 is 0 Å². The second-order valence-electron chi connectivity index (χ2n) is 15.8. The summed E-state index contributed by atoms with van der Waals surface area (Å²) in [6.07, 6.45) is 0. The molecule has 0 saturated heterocycles. The third-order valence-corrected chi connectivity index (χ3v) is 13.2. The summed E-state index contributed by atoms with van der Waals surface area (Å²) in [6, 6.07) is 77.4. The van der Waals surface area contributed by atoms with Crippen molar-refractivity contribution in [2.24, 2.45) is 0 Å². The average Bonchev–Trinajstić information content (AvgIpc) is 3.88. The van der Waals surface area contributed by atoms with Gasteiger partial charge in [-0.2, -0.15) is 0 Å². The lowest BCUT2D eigenvalue weighted by molar-refractivity contribution is 0.795. The minimum atomic E-state index is -0.387. The Morgan fingerprint density at radius 3 is 1.40 bits per heavy atom. The predicted molar refractivity (Wildman–Crippen MR) is 238 cm³/mol. The van der Waals surface area contributed by atoms with Crippen LogP contribution in [0.2, 0.25) is 0 Å². The lowest BCUT2D eigenvalue weighted by Gasteiger charge is -2.30. The summed E-state index contributed by atoms with van der Waals surface area (Å²) in [5.74, 6) is 0. The van der Waals surface area contributed by atoms with Crippen LogP contribution in [0.4, 0.5) is 0 Å². The van der Waals surface area contributed by atoms with E-state index in [1.165, 1.54) is 122 Å². The number of benzene rings is 10. The number of hydrogen-bond donors (Lipinski definition) is 0. The molecule has 3 aliphatic carbocycles. The Hall–Kier alpha value is -7.28. The highest BCUT2D eigenvalue weighted by Crippen LogP contribution is 2.65. The topological polar surface area (TPSA) is 0 Å². The van der Waals surface area contributed by atoms with Crippen molar-refractivity contribution in [3.8, 4) is 77.9 Å². The fourth-order valence-corrected chi connectivity index (χ4v) is 11.0. The van der Waals surface area contributed by atoms with Gasteiger partial charge in [0.25, 0.3) is 0 Å². The molecule has 13 rings (SSSR count). The van der Waals surface area contributed by atoms with Crippen molar-refractivity contribution in [1.29, 1.82) is 0 Å². The van der Waals surface area contributed by atoms with Crippen molar-refractivity contribution in [1.82, 2.24) is 0 Å². The maximum atomic E-state index is 2.58. The van der Waals surface area contributed by atoms with E-state index in [-0.39, 0.29) is 5.41 Å². The molecule has 10 aromatic carbocycles. The Kier molecular flexibility index (Phi) is 6.19. The van der Waals surface area contributed by atoms with Crippen molar-refractivity contribution < 1.29 is 0 Å². The highest BCUT2D eigenvalue weighted by Gasteiger charge is 2.52. The molecule has 57 heavy (non-hydrogen) atoms. The summed E-state index contributed by atoms with van der Waals surface area (Å²) in [6.45, 7) is 0. The van der Waals surface area contributed by atoms with Gasteiger partial charge in [-0.15, -0.1) is 0 Å². The Morgan fingerprint density at radius 1 is 0.246 bits per heavy atom. The molecule has 0 fully saturated rings. The van der Waals surface area contributed by atoms with E-state index in [4.69, 9.17) is 0 Å². The molecule has 0 heterocycles. The van der Waals surface area contributed by atoms with E-state index in [0.717, 1.165) is 0 Å². The second-order valence-corrected chi connectivity index (χ2v) is 15.8. The summed E-state index contributed by atoms with van der Waals surface area (Å²) < 4.78 is 0. The first-order chi connectivity index (χ1) is 28.3. The van der Waals surface area contributed by atoms with Gasteiger partial charge in [-0.3, -0.25) is 0 Å². The van der Waals surface area contributed by atoms with Crippen LogP contribution >= 0.6 is 0 Å². The van der Waals surface area contributed by atoms with Gasteiger partial charge in [-0.05, 0) is 140 Å². The third-order valence-electron chi connectivity index (χ3n) is 13.2. The first kappa shape index (κ1) is 31.0. The summed E-state index contributed by atoms with van der Waals surface area (Å²) in [7, 11) is 0. The van der Waals surface area contributed by atoms with Gasteiger partial charge in [0.1, 0.15) is 0 Å². The number of hydrogen-bond acceptors (Lipinski definition) is 0. The van der Waals surface area contributed by atoms with Gasteiger partial charge in [0.2, 0.25) is 0 Å². The van der Waals surface area contributed by atoms with Crippen molar-refractivity contribution in [3.05, 3.63) is 229 Å². The van der Waals surface area contributed by atoms with Gasteiger partial charge in [0.05, 0.1) is 5.41 Å². The van der Waals surface area contributed by atoms with Crippen molar-refractivity contribution in [2.45, 2.75) is 5.41 Å². The van der Waals surface area contributed by atoms with E-state index in [9.17, 15) is 0 Å². The van der Waals surface area contributed by atoms with E-state index in [0.29, 0.717) is 0 Å². The third kappa shape index (κ3) is 3.97. The van der Waals surface area contributed by atoms with Crippen LogP contribution in [-0.2, 0) is 5.41 Å². The molecule has 0 heteroatoms. The molecule has 0 atom stereocenters. The second kappa shape index (κ2) is 11.4. The quantitative estimate of drug-likeness (QED) is 0.171. The molecule has 3 aliphatic rings. The normalized spacial score (nSPS) is 13.4. The molecule has 0 saturated carbocycles. The first-order valence-corrected chi connectivity index (χ1v) is 20.0. The zero-order valence-electron chi connectivity index (χ0n) is 31.1. The van der Waals surface area contributed by atoms with E-state index in [2.05, 4.69) is 206 Å². The maximum Gasteiger partial charge on any atom is 0.0725 e. The van der Waals surface area contributed by atoms with E-state index >= 15 is 0 Å². The lowest BCUT2D eigenvalue weighted by Crippen LogP contribution is -2.25. The van der Waals surface area contributed by atoms with Crippen LogP contribution in [0.5, 0.6) is 0 Å². The molecule has 0 aliphatic heterocycles. The Labute approximate surface area is 332 Å². The molecule has 0 nitrogen and oxygen atoms in total. The molecule has 262 valence electrons. The van der Waals surface area contributed by atoms with Crippen LogP contribution in [-0.4, -0.2) is 0 Å². The zero-order valence-corrected chi connectivity index (χ0v) is 31.1. The Bertz CT molecular complexity index is 3230. The molecule has 1 spiro atoms. The van der Waals surface area contributed by atoms with Crippen LogP contribution in [0, 0.1) is 0 Å². The van der Waals surface area contributed by atoms with E-state index < -0.39 is 0 Å². The minimum absolute atomic E-state index is 0.387. The smallest absolute Gasteiger partial charge is 0.0622 e. The predicted octanol–water partition coefficient (Wildman–Crippen LogP) is 15.0. The first-order valence-electron chi connectivity index (χ1n) is 20.0. The van der Waals surface area contributed by atoms with Crippen LogP contribution in [0.1, 0.15) is 22.3 Å². The fraction of sp³-hybridized carbons (Fsp3) is 0.0175. The SMILES string of the molecule is c1ccc(-c2cccc(-c3ccccc3)c2-c2cccc3cc4c(cc23)-c2cccc3c5c(cc-4c23)C2(c3ccccc3-c3ccccc32)c2ccccc2-5)cc1. The van der Waals surface area contributed by atoms with Gasteiger partial charge in [0.15, 0.2) is 0 Å². The summed E-state index contributed by atoms with van der Waals surface area (Å²) in [5, 5.41) is 5.23. The number of rotatable bonds is 3. The average molecular weight is 719 g/mol. The van der Waals surface area contributed by atoms with Gasteiger partial charge in [0, 0.05) is 0 Å². The molecule has 0 unspecified atom stereocenters. The highest BCUT2D eigenvalue weighted by atomic mass is 14.5. The molecule has 0 amide bonds. The largest absolute Gasteiger partial charge is 0.0725 e. The van der Waals surface area contributed by atoms with Gasteiger partial charge in [-0.1, -0.05) is 188 Å². The Balaban J connectivity index is 1.11. The van der Waals surface area contributed by atoms with Crippen LogP contribution in [0.15, 0.2) is 206 Å². The van der Waals surface area contributed by atoms with Crippen LogP contribution in [0.3, 0.4) is 0 Å². The minimum Gasteiger partial charge on any atom is -0.0622 e. The van der Waals surface area contributed by atoms with E-state index in [1.54, 1.807) is 0 Å². The highest BCUT2D eigenvalue weighted by molar-refractivity contribution is 6.23. The van der Waals surface area contributed by atoms with Crippen LogP contribution < -0.4 is 0 Å². The molecular weight excluding hydrogens is 685 g/mol. The maximum absolute atomic E-state index is 2.58. The molecule has 0 bridgehead atoms. The molecule has 0 radical (unpaired) electrons. The molecule has 0 aromatic heterocycles. The van der Waals surface area contributed by atoms with Crippen molar-refractivity contribution in [2.75, 3.05) is 0 Å². The van der Waals surface area contributed by atoms with Crippen molar-refractivity contribution >= 4 is 21.5 Å². The van der Waals surface area contributed by atoms with Crippen molar-refractivity contribution in [3.63, 3.8) is 0 Å².